The number of rotatable bonds is 9. The minimum Gasteiger partial charge on any atom is -0.389 e. The summed E-state index contributed by atoms with van der Waals surface area (Å²) >= 11 is 0. The zero-order valence-electron chi connectivity index (χ0n) is 12.9. The van der Waals surface area contributed by atoms with E-state index in [4.69, 9.17) is 4.74 Å². The van der Waals surface area contributed by atoms with E-state index >= 15 is 0 Å². The molecule has 1 aliphatic carbocycles. The molecule has 0 bridgehead atoms. The van der Waals surface area contributed by atoms with Crippen molar-refractivity contribution in [2.45, 2.75) is 51.2 Å². The molecule has 1 aliphatic rings. The van der Waals surface area contributed by atoms with E-state index in [1.54, 1.807) is 0 Å². The molecule has 0 aliphatic heterocycles. The number of nitrogens with zero attached hydrogens (tertiary/aromatic N) is 1. The van der Waals surface area contributed by atoms with Crippen LogP contribution in [0.1, 0.15) is 39.0 Å². The van der Waals surface area contributed by atoms with E-state index < -0.39 is 0 Å². The summed E-state index contributed by atoms with van der Waals surface area (Å²) in [4.78, 5) is 2.17. The van der Waals surface area contributed by atoms with E-state index in [2.05, 4.69) is 31.2 Å². The predicted octanol–water partition coefficient (Wildman–Crippen LogP) is 1.48. The molecule has 3 atom stereocenters. The lowest BCUT2D eigenvalue weighted by Gasteiger charge is -2.29. The fourth-order valence-electron chi connectivity index (χ4n) is 2.61. The second kappa shape index (κ2) is 9.70. The van der Waals surface area contributed by atoms with E-state index in [1.165, 1.54) is 19.3 Å². The predicted molar refractivity (Wildman–Crippen MR) is 79.4 cm³/mol. The van der Waals surface area contributed by atoms with Gasteiger partial charge in [-0.15, -0.1) is 0 Å². The van der Waals surface area contributed by atoms with Gasteiger partial charge in [-0.05, 0) is 52.4 Å². The minimum atomic E-state index is -0.381. The van der Waals surface area contributed by atoms with Crippen molar-refractivity contribution in [3.63, 3.8) is 0 Å². The topological polar surface area (TPSA) is 44.7 Å². The summed E-state index contributed by atoms with van der Waals surface area (Å²) in [5, 5.41) is 13.2. The minimum absolute atomic E-state index is 0.358. The summed E-state index contributed by atoms with van der Waals surface area (Å²) in [6, 6.07) is 0. The second-order valence-corrected chi connectivity index (χ2v) is 6.15. The van der Waals surface area contributed by atoms with Gasteiger partial charge in [0.25, 0.3) is 0 Å². The SMILES string of the molecule is CC1CCCCC1OCC(O)CNCCCN(C)C. The highest BCUT2D eigenvalue weighted by Crippen LogP contribution is 2.26. The van der Waals surface area contributed by atoms with Gasteiger partial charge in [-0.1, -0.05) is 19.8 Å². The van der Waals surface area contributed by atoms with Crippen LogP contribution in [-0.2, 0) is 4.74 Å². The molecule has 0 spiro atoms. The monoisotopic (exact) mass is 272 g/mol. The number of ether oxygens (including phenoxy) is 1. The Bertz CT molecular complexity index is 224. The third-order valence-corrected chi connectivity index (χ3v) is 3.87. The van der Waals surface area contributed by atoms with Gasteiger partial charge >= 0.3 is 0 Å². The number of aliphatic hydroxyl groups is 1. The molecule has 114 valence electrons. The van der Waals surface area contributed by atoms with Crippen molar-refractivity contribution in [2.24, 2.45) is 5.92 Å². The highest BCUT2D eigenvalue weighted by molar-refractivity contribution is 4.73. The average molecular weight is 272 g/mol. The first-order chi connectivity index (χ1) is 9.09. The van der Waals surface area contributed by atoms with Crippen LogP contribution in [0, 0.1) is 5.92 Å². The fourth-order valence-corrected chi connectivity index (χ4v) is 2.61. The number of aliphatic hydroxyl groups excluding tert-OH is 1. The quantitative estimate of drug-likeness (QED) is 0.624. The van der Waals surface area contributed by atoms with Gasteiger partial charge in [-0.2, -0.15) is 0 Å². The molecule has 1 rings (SSSR count). The van der Waals surface area contributed by atoms with Crippen molar-refractivity contribution < 1.29 is 9.84 Å². The van der Waals surface area contributed by atoms with E-state index in [0.717, 1.165) is 25.9 Å². The summed E-state index contributed by atoms with van der Waals surface area (Å²) < 4.78 is 5.85. The molecule has 0 radical (unpaired) electrons. The van der Waals surface area contributed by atoms with E-state index in [-0.39, 0.29) is 6.10 Å². The Morgan fingerprint density at radius 3 is 2.74 bits per heavy atom. The number of hydrogen-bond acceptors (Lipinski definition) is 4. The maximum Gasteiger partial charge on any atom is 0.0897 e. The molecular weight excluding hydrogens is 240 g/mol. The second-order valence-electron chi connectivity index (χ2n) is 6.15. The third kappa shape index (κ3) is 7.88. The van der Waals surface area contributed by atoms with E-state index in [9.17, 15) is 5.11 Å². The largest absolute Gasteiger partial charge is 0.389 e. The van der Waals surface area contributed by atoms with Gasteiger partial charge in [0.15, 0.2) is 0 Å². The first kappa shape index (κ1) is 16.9. The van der Waals surface area contributed by atoms with Crippen molar-refractivity contribution in [3.05, 3.63) is 0 Å². The van der Waals surface area contributed by atoms with Crippen molar-refractivity contribution in [2.75, 3.05) is 40.3 Å². The Hall–Kier alpha value is -0.160. The van der Waals surface area contributed by atoms with Crippen LogP contribution in [0.4, 0.5) is 0 Å². The molecule has 0 aromatic carbocycles. The molecule has 0 amide bonds. The smallest absolute Gasteiger partial charge is 0.0897 e. The van der Waals surface area contributed by atoms with Gasteiger partial charge in [-0.25, -0.2) is 0 Å². The van der Waals surface area contributed by atoms with Gasteiger partial charge in [0.2, 0.25) is 0 Å². The van der Waals surface area contributed by atoms with Crippen LogP contribution in [0.15, 0.2) is 0 Å². The maximum atomic E-state index is 9.88. The van der Waals surface area contributed by atoms with Gasteiger partial charge < -0.3 is 20.1 Å². The third-order valence-electron chi connectivity index (χ3n) is 3.87. The summed E-state index contributed by atoms with van der Waals surface area (Å²) in [7, 11) is 4.15. The summed E-state index contributed by atoms with van der Waals surface area (Å²) in [5.41, 5.74) is 0. The van der Waals surface area contributed by atoms with Gasteiger partial charge in [0, 0.05) is 6.54 Å². The van der Waals surface area contributed by atoms with Crippen LogP contribution >= 0.6 is 0 Å². The average Bonchev–Trinajstić information content (AvgIpc) is 2.37. The lowest BCUT2D eigenvalue weighted by molar-refractivity contribution is -0.0451. The summed E-state index contributed by atoms with van der Waals surface area (Å²) in [5.74, 6) is 0.647. The van der Waals surface area contributed by atoms with E-state index in [0.29, 0.717) is 25.2 Å². The summed E-state index contributed by atoms with van der Waals surface area (Å²) in [6.07, 6.45) is 6.12. The molecule has 4 heteroatoms. The molecule has 4 nitrogen and oxygen atoms in total. The van der Waals surface area contributed by atoms with Crippen LogP contribution in [0.2, 0.25) is 0 Å². The molecule has 3 unspecified atom stereocenters. The Labute approximate surface area is 118 Å². The Morgan fingerprint density at radius 1 is 1.32 bits per heavy atom. The van der Waals surface area contributed by atoms with Crippen LogP contribution in [0.25, 0.3) is 0 Å². The molecule has 2 N–H and O–H groups in total. The Kier molecular flexibility index (Phi) is 8.62. The molecule has 0 aromatic rings. The fraction of sp³-hybridized carbons (Fsp3) is 1.00. The Balaban J connectivity index is 1.99. The first-order valence-corrected chi connectivity index (χ1v) is 7.74. The summed E-state index contributed by atoms with van der Waals surface area (Å²) in [6.45, 7) is 5.40. The number of nitrogens with one attached hydrogen (secondary N) is 1. The lowest BCUT2D eigenvalue weighted by Crippen LogP contribution is -2.35. The van der Waals surface area contributed by atoms with Crippen molar-refractivity contribution in [1.29, 1.82) is 0 Å². The van der Waals surface area contributed by atoms with Crippen LogP contribution in [0.3, 0.4) is 0 Å². The molecule has 1 saturated carbocycles. The molecule has 1 fully saturated rings. The van der Waals surface area contributed by atoms with Crippen LogP contribution < -0.4 is 5.32 Å². The molecule has 0 aromatic heterocycles. The normalized spacial score (nSPS) is 25.7. The zero-order chi connectivity index (χ0) is 14.1. The highest BCUT2D eigenvalue weighted by atomic mass is 16.5. The molecule has 0 saturated heterocycles. The molecule has 19 heavy (non-hydrogen) atoms. The lowest BCUT2D eigenvalue weighted by atomic mass is 9.88. The van der Waals surface area contributed by atoms with Crippen molar-refractivity contribution in [1.82, 2.24) is 10.2 Å². The maximum absolute atomic E-state index is 9.88. The highest BCUT2D eigenvalue weighted by Gasteiger charge is 2.22. The van der Waals surface area contributed by atoms with Crippen molar-refractivity contribution >= 4 is 0 Å². The molecular formula is C15H32N2O2. The van der Waals surface area contributed by atoms with Gasteiger partial charge in [0.1, 0.15) is 0 Å². The van der Waals surface area contributed by atoms with Crippen molar-refractivity contribution in [3.8, 4) is 0 Å². The van der Waals surface area contributed by atoms with Gasteiger partial charge in [-0.3, -0.25) is 0 Å². The van der Waals surface area contributed by atoms with Gasteiger partial charge in [0.05, 0.1) is 18.8 Å². The standard InChI is InChI=1S/C15H32N2O2/c1-13-7-4-5-8-15(13)19-12-14(18)11-16-9-6-10-17(2)3/h13-16,18H,4-12H2,1-3H3. The zero-order valence-corrected chi connectivity index (χ0v) is 12.9. The molecule has 0 heterocycles. The van der Waals surface area contributed by atoms with Crippen LogP contribution in [-0.4, -0.2) is 62.6 Å². The number of hydrogen-bond donors (Lipinski definition) is 2. The van der Waals surface area contributed by atoms with E-state index in [1.807, 2.05) is 0 Å². The Morgan fingerprint density at radius 2 is 2.05 bits per heavy atom. The first-order valence-electron chi connectivity index (χ1n) is 7.74. The van der Waals surface area contributed by atoms with Crippen LogP contribution in [0.5, 0.6) is 0 Å².